The maximum absolute atomic E-state index is 10.8. The van der Waals surface area contributed by atoms with Crippen molar-refractivity contribution in [1.29, 1.82) is 0 Å². The van der Waals surface area contributed by atoms with Crippen molar-refractivity contribution in [1.82, 2.24) is 4.90 Å². The van der Waals surface area contributed by atoms with Crippen LogP contribution in [-0.4, -0.2) is 23.2 Å². The van der Waals surface area contributed by atoms with Crippen LogP contribution in [0, 0.1) is 0 Å². The molecule has 0 radical (unpaired) electrons. The van der Waals surface area contributed by atoms with Crippen molar-refractivity contribution in [2.45, 2.75) is 19.8 Å². The molecule has 1 rings (SSSR count). The van der Waals surface area contributed by atoms with E-state index in [1.807, 2.05) is 37.3 Å². The molecule has 0 heterocycles. The molecule has 0 aromatic heterocycles. The van der Waals surface area contributed by atoms with Crippen molar-refractivity contribution in [2.24, 2.45) is 0 Å². The first-order valence-electron chi connectivity index (χ1n) is 5.77. The fourth-order valence-electron chi connectivity index (χ4n) is 1.62. The van der Waals surface area contributed by atoms with Crippen LogP contribution in [0.2, 0.25) is 0 Å². The van der Waals surface area contributed by atoms with Gasteiger partial charge in [0.2, 0.25) is 6.41 Å². The second-order valence-corrected chi connectivity index (χ2v) is 4.38. The molecule has 0 saturated heterocycles. The average Bonchev–Trinajstić information content (AvgIpc) is 2.35. The molecule has 0 N–H and O–H groups in total. The Bertz CT molecular complexity index is 429. The van der Waals surface area contributed by atoms with Crippen LogP contribution in [0.25, 0.3) is 6.08 Å². The second-order valence-electron chi connectivity index (χ2n) is 4.06. The molecular weight excluding hydrogens is 250 g/mol. The zero-order valence-electron chi connectivity index (χ0n) is 10.3. The summed E-state index contributed by atoms with van der Waals surface area (Å²) in [6, 6.07) is 10.0. The summed E-state index contributed by atoms with van der Waals surface area (Å²) < 4.78 is 0. The van der Waals surface area contributed by atoms with E-state index in [-0.39, 0.29) is 0 Å². The van der Waals surface area contributed by atoms with Gasteiger partial charge in [-0.3, -0.25) is 14.5 Å². The highest BCUT2D eigenvalue weighted by Gasteiger charge is 2.07. The highest BCUT2D eigenvalue weighted by Crippen LogP contribution is 2.11. The molecule has 96 valence electrons. The Balaban J connectivity index is 2.42. The van der Waals surface area contributed by atoms with Crippen LogP contribution in [-0.2, 0) is 4.79 Å². The molecule has 0 aliphatic heterocycles. The zero-order valence-corrected chi connectivity index (χ0v) is 11.1. The molecule has 1 aromatic carbocycles. The summed E-state index contributed by atoms with van der Waals surface area (Å²) in [7, 11) is 0. The number of amides is 2. The number of benzene rings is 1. The Kier molecular flexibility index (Phi) is 6.15. The summed E-state index contributed by atoms with van der Waals surface area (Å²) in [6.45, 7) is 2.38. The van der Waals surface area contributed by atoms with E-state index in [9.17, 15) is 9.59 Å². The largest absolute Gasteiger partial charge is 0.322 e. The highest BCUT2D eigenvalue weighted by molar-refractivity contribution is 6.63. The summed E-state index contributed by atoms with van der Waals surface area (Å²) in [6.07, 6.45) is 4.09. The van der Waals surface area contributed by atoms with Crippen molar-refractivity contribution >= 4 is 29.5 Å². The fraction of sp³-hybridized carbons (Fsp3) is 0.286. The van der Waals surface area contributed by atoms with Crippen LogP contribution in [0.5, 0.6) is 0 Å². The van der Waals surface area contributed by atoms with Crippen molar-refractivity contribution < 1.29 is 9.59 Å². The van der Waals surface area contributed by atoms with Gasteiger partial charge in [-0.2, -0.15) is 0 Å². The van der Waals surface area contributed by atoms with Crippen LogP contribution >= 0.6 is 11.6 Å². The smallest absolute Gasteiger partial charge is 0.278 e. The number of allylic oxidation sites excluding steroid dienone is 1. The van der Waals surface area contributed by atoms with Gasteiger partial charge in [-0.15, -0.1) is 0 Å². The molecule has 0 spiro atoms. The number of hydrogen-bond donors (Lipinski definition) is 0. The molecular formula is C14H16ClNO2. The van der Waals surface area contributed by atoms with E-state index in [1.54, 1.807) is 0 Å². The van der Waals surface area contributed by atoms with Gasteiger partial charge in [0.25, 0.3) is 0 Å². The van der Waals surface area contributed by atoms with Gasteiger partial charge in [0.05, 0.1) is 0 Å². The first-order chi connectivity index (χ1) is 8.63. The summed E-state index contributed by atoms with van der Waals surface area (Å²) in [4.78, 5) is 22.3. The molecule has 3 nitrogen and oxygen atoms in total. The molecule has 2 amide bonds. The van der Waals surface area contributed by atoms with Gasteiger partial charge >= 0.3 is 5.37 Å². The van der Waals surface area contributed by atoms with Gasteiger partial charge in [0.15, 0.2) is 0 Å². The Morgan fingerprint density at radius 1 is 1.33 bits per heavy atom. The minimum absolute atomic E-state index is 0.353. The van der Waals surface area contributed by atoms with Crippen molar-refractivity contribution in [3.8, 4) is 0 Å². The Hall–Kier alpha value is -1.61. The summed E-state index contributed by atoms with van der Waals surface area (Å²) in [5.41, 5.74) is 2.35. The molecule has 0 saturated carbocycles. The predicted octanol–water partition coefficient (Wildman–Crippen LogP) is 3.69. The van der Waals surface area contributed by atoms with Crippen molar-refractivity contribution in [2.75, 3.05) is 6.54 Å². The van der Waals surface area contributed by atoms with Crippen LogP contribution in [0.4, 0.5) is 4.79 Å². The van der Waals surface area contributed by atoms with Crippen LogP contribution in [0.1, 0.15) is 25.3 Å². The van der Waals surface area contributed by atoms with E-state index >= 15 is 0 Å². The van der Waals surface area contributed by atoms with E-state index in [1.165, 1.54) is 5.57 Å². The predicted molar refractivity (Wildman–Crippen MR) is 73.3 cm³/mol. The summed E-state index contributed by atoms with van der Waals surface area (Å²) >= 11 is 5.23. The summed E-state index contributed by atoms with van der Waals surface area (Å²) in [5, 5.41) is -0.727. The van der Waals surface area contributed by atoms with E-state index in [2.05, 4.69) is 6.08 Å². The van der Waals surface area contributed by atoms with E-state index in [0.717, 1.165) is 16.9 Å². The molecule has 0 atom stereocenters. The number of imide groups is 1. The third-order valence-electron chi connectivity index (χ3n) is 2.54. The normalized spacial score (nSPS) is 11.1. The molecule has 0 bridgehead atoms. The lowest BCUT2D eigenvalue weighted by atomic mass is 10.1. The Labute approximate surface area is 112 Å². The first-order valence-corrected chi connectivity index (χ1v) is 6.15. The molecule has 4 heteroatoms. The van der Waals surface area contributed by atoms with E-state index in [0.29, 0.717) is 19.4 Å². The molecule has 18 heavy (non-hydrogen) atoms. The average molecular weight is 266 g/mol. The van der Waals surface area contributed by atoms with Gasteiger partial charge in [0, 0.05) is 6.54 Å². The van der Waals surface area contributed by atoms with Crippen LogP contribution in [0.3, 0.4) is 0 Å². The number of hydrogen-bond acceptors (Lipinski definition) is 2. The van der Waals surface area contributed by atoms with E-state index in [4.69, 9.17) is 11.6 Å². The van der Waals surface area contributed by atoms with Gasteiger partial charge in [-0.1, -0.05) is 42.0 Å². The van der Waals surface area contributed by atoms with Crippen molar-refractivity contribution in [3.05, 3.63) is 41.5 Å². The fourth-order valence-corrected chi connectivity index (χ4v) is 1.74. The SMILES string of the molecule is C/C(=C\c1ccccc1)CCCN(C=O)C(=O)Cl. The number of nitrogens with zero attached hydrogens (tertiary/aromatic N) is 1. The molecule has 0 aliphatic carbocycles. The lowest BCUT2D eigenvalue weighted by Gasteiger charge is -2.10. The monoisotopic (exact) mass is 265 g/mol. The van der Waals surface area contributed by atoms with Gasteiger partial charge in [0.1, 0.15) is 0 Å². The third-order valence-corrected chi connectivity index (χ3v) is 2.75. The number of rotatable bonds is 6. The van der Waals surface area contributed by atoms with E-state index < -0.39 is 5.37 Å². The Morgan fingerprint density at radius 3 is 2.56 bits per heavy atom. The zero-order chi connectivity index (χ0) is 13.4. The van der Waals surface area contributed by atoms with Gasteiger partial charge in [-0.25, -0.2) is 0 Å². The van der Waals surface area contributed by atoms with Crippen molar-refractivity contribution in [3.63, 3.8) is 0 Å². The number of carbonyl (C=O) groups is 2. The third kappa shape index (κ3) is 5.15. The number of carbonyl (C=O) groups excluding carboxylic acids is 2. The topological polar surface area (TPSA) is 37.4 Å². The Morgan fingerprint density at radius 2 is 2.00 bits per heavy atom. The van der Waals surface area contributed by atoms with Gasteiger partial charge in [-0.05, 0) is 36.9 Å². The second kappa shape index (κ2) is 7.67. The number of halogens is 1. The molecule has 0 unspecified atom stereocenters. The summed E-state index contributed by atoms with van der Waals surface area (Å²) in [5.74, 6) is 0. The minimum atomic E-state index is -0.727. The minimum Gasteiger partial charge on any atom is -0.278 e. The standard InChI is InChI=1S/C14H16ClNO2/c1-12(10-13-7-3-2-4-8-13)6-5-9-16(11-17)14(15)18/h2-4,7-8,10-11H,5-6,9H2,1H3/b12-10+. The maximum atomic E-state index is 10.8. The molecule has 0 fully saturated rings. The van der Waals surface area contributed by atoms with Crippen LogP contribution < -0.4 is 0 Å². The molecule has 1 aromatic rings. The maximum Gasteiger partial charge on any atom is 0.322 e. The van der Waals surface area contributed by atoms with Gasteiger partial charge < -0.3 is 0 Å². The lowest BCUT2D eigenvalue weighted by molar-refractivity contribution is -0.115. The molecule has 0 aliphatic rings. The highest BCUT2D eigenvalue weighted by atomic mass is 35.5. The quantitative estimate of drug-likeness (QED) is 0.447. The van der Waals surface area contributed by atoms with Crippen LogP contribution in [0.15, 0.2) is 35.9 Å². The first kappa shape index (κ1) is 14.5. The lowest BCUT2D eigenvalue weighted by Crippen LogP contribution is -2.25.